The van der Waals surface area contributed by atoms with Crippen LogP contribution < -0.4 is 5.32 Å². The van der Waals surface area contributed by atoms with Gasteiger partial charge in [-0.05, 0) is 31.0 Å². The maximum Gasteiger partial charge on any atom is 0.150 e. The second kappa shape index (κ2) is 7.00. The smallest absolute Gasteiger partial charge is 0.150 e. The van der Waals surface area contributed by atoms with Gasteiger partial charge in [-0.1, -0.05) is 36.2 Å². The fourth-order valence-corrected chi connectivity index (χ4v) is 1.69. The number of Topliss-reactive ketones (excluding diaryl/α,β-unsaturated/α-hetero) is 1. The predicted molar refractivity (Wildman–Crippen MR) is 72.9 cm³/mol. The van der Waals surface area contributed by atoms with Crippen LogP contribution >= 0.6 is 23.2 Å². The predicted octanol–water partition coefficient (Wildman–Crippen LogP) is 3.49. The molecule has 0 fully saturated rings. The van der Waals surface area contributed by atoms with Gasteiger partial charge in [-0.3, -0.25) is 4.79 Å². The van der Waals surface area contributed by atoms with E-state index in [1.807, 2.05) is 6.07 Å². The summed E-state index contributed by atoms with van der Waals surface area (Å²) in [5.41, 5.74) is 0.898. The average Bonchev–Trinajstić information content (AvgIpc) is 2.31. The first-order valence-corrected chi connectivity index (χ1v) is 6.47. The van der Waals surface area contributed by atoms with Crippen molar-refractivity contribution in [3.8, 4) is 0 Å². The van der Waals surface area contributed by atoms with Crippen molar-refractivity contribution in [2.75, 3.05) is 6.54 Å². The van der Waals surface area contributed by atoms with Crippen molar-refractivity contribution in [1.82, 2.24) is 5.32 Å². The van der Waals surface area contributed by atoms with Gasteiger partial charge in [0, 0.05) is 12.5 Å². The van der Waals surface area contributed by atoms with Crippen molar-refractivity contribution >= 4 is 29.0 Å². The van der Waals surface area contributed by atoms with Crippen LogP contribution in [0.2, 0.25) is 10.0 Å². The Morgan fingerprint density at radius 2 is 2.06 bits per heavy atom. The summed E-state index contributed by atoms with van der Waals surface area (Å²) < 4.78 is 0. The van der Waals surface area contributed by atoms with E-state index in [0.29, 0.717) is 29.1 Å². The number of nitrogens with one attached hydrogen (secondary N) is 1. The van der Waals surface area contributed by atoms with Crippen LogP contribution in [0.3, 0.4) is 0 Å². The summed E-state index contributed by atoms with van der Waals surface area (Å²) >= 11 is 11.7. The number of rotatable bonds is 6. The summed E-state index contributed by atoms with van der Waals surface area (Å²) in [6.07, 6.45) is 1.40. The lowest BCUT2D eigenvalue weighted by atomic mass is 10.1. The van der Waals surface area contributed by atoms with E-state index < -0.39 is 0 Å². The summed E-state index contributed by atoms with van der Waals surface area (Å²) in [5.74, 6) is 0.156. The average molecular weight is 274 g/mol. The second-order valence-electron chi connectivity index (χ2n) is 4.15. The van der Waals surface area contributed by atoms with Crippen molar-refractivity contribution in [3.63, 3.8) is 0 Å². The molecular weight excluding hydrogens is 257 g/mol. The monoisotopic (exact) mass is 273 g/mol. The Hall–Kier alpha value is -0.570. The van der Waals surface area contributed by atoms with Crippen LogP contribution in [0.5, 0.6) is 0 Å². The van der Waals surface area contributed by atoms with Gasteiger partial charge in [0.2, 0.25) is 0 Å². The summed E-state index contributed by atoms with van der Waals surface area (Å²) in [6.45, 7) is 4.54. The highest BCUT2D eigenvalue weighted by atomic mass is 35.5. The summed E-state index contributed by atoms with van der Waals surface area (Å²) in [6, 6.07) is 5.65. The van der Waals surface area contributed by atoms with Crippen LogP contribution in [-0.2, 0) is 11.2 Å². The van der Waals surface area contributed by atoms with E-state index in [-0.39, 0.29) is 5.78 Å². The summed E-state index contributed by atoms with van der Waals surface area (Å²) in [7, 11) is 0. The zero-order valence-corrected chi connectivity index (χ0v) is 11.6. The van der Waals surface area contributed by atoms with E-state index in [4.69, 9.17) is 23.2 Å². The minimum atomic E-state index is 0.156. The van der Waals surface area contributed by atoms with Gasteiger partial charge in [-0.25, -0.2) is 0 Å². The zero-order chi connectivity index (χ0) is 12.8. The molecule has 17 heavy (non-hydrogen) atoms. The molecule has 0 spiro atoms. The molecule has 0 radical (unpaired) electrons. The Kier molecular flexibility index (Phi) is 5.96. The normalized spacial score (nSPS) is 12.5. The molecule has 0 aromatic heterocycles. The molecule has 0 heterocycles. The number of carbonyl (C=O) groups excluding carboxylic acids is 1. The first kappa shape index (κ1) is 14.5. The molecule has 1 aromatic carbocycles. The number of halogens is 2. The van der Waals surface area contributed by atoms with Crippen molar-refractivity contribution < 1.29 is 4.79 Å². The number of carbonyl (C=O) groups is 1. The molecule has 0 saturated heterocycles. The van der Waals surface area contributed by atoms with Crippen LogP contribution in [0.15, 0.2) is 18.2 Å². The van der Waals surface area contributed by atoms with Gasteiger partial charge < -0.3 is 5.32 Å². The molecule has 0 aliphatic heterocycles. The van der Waals surface area contributed by atoms with Gasteiger partial charge in [0.15, 0.2) is 5.78 Å². The van der Waals surface area contributed by atoms with E-state index in [0.717, 1.165) is 12.0 Å². The van der Waals surface area contributed by atoms with E-state index >= 15 is 0 Å². The third-order valence-electron chi connectivity index (χ3n) is 2.65. The van der Waals surface area contributed by atoms with E-state index in [9.17, 15) is 4.79 Å². The van der Waals surface area contributed by atoms with Crippen LogP contribution in [0.1, 0.15) is 25.8 Å². The molecule has 0 saturated carbocycles. The quantitative estimate of drug-likeness (QED) is 0.860. The molecule has 1 rings (SSSR count). The van der Waals surface area contributed by atoms with E-state index in [1.165, 1.54) is 0 Å². The maximum atomic E-state index is 11.7. The Morgan fingerprint density at radius 3 is 2.65 bits per heavy atom. The molecule has 1 atom stereocenters. The fraction of sp³-hybridized carbons (Fsp3) is 0.462. The minimum absolute atomic E-state index is 0.156. The van der Waals surface area contributed by atoms with Crippen LogP contribution in [0.4, 0.5) is 0 Å². The van der Waals surface area contributed by atoms with Gasteiger partial charge in [0.05, 0.1) is 16.6 Å². The van der Waals surface area contributed by atoms with E-state index in [1.54, 1.807) is 12.1 Å². The number of benzene rings is 1. The Balaban J connectivity index is 2.48. The molecular formula is C13H17Cl2NO. The highest BCUT2D eigenvalue weighted by Gasteiger charge is 2.07. The lowest BCUT2D eigenvalue weighted by molar-refractivity contribution is -0.117. The van der Waals surface area contributed by atoms with Crippen LogP contribution in [0, 0.1) is 0 Å². The topological polar surface area (TPSA) is 29.1 Å². The zero-order valence-electron chi connectivity index (χ0n) is 10.1. The van der Waals surface area contributed by atoms with Crippen molar-refractivity contribution in [3.05, 3.63) is 33.8 Å². The summed E-state index contributed by atoms with van der Waals surface area (Å²) in [5, 5.41) is 4.18. The number of ketones is 1. The standard InChI is InChI=1S/C13H17Cl2NO/c1-3-9(2)16-8-11(17)6-10-4-5-12(14)13(15)7-10/h4-5,7,9,16H,3,6,8H2,1-2H3. The number of hydrogen-bond acceptors (Lipinski definition) is 2. The molecule has 1 unspecified atom stereocenters. The molecule has 0 aliphatic rings. The van der Waals surface area contributed by atoms with Gasteiger partial charge in [0.25, 0.3) is 0 Å². The third-order valence-corrected chi connectivity index (χ3v) is 3.38. The van der Waals surface area contributed by atoms with Crippen molar-refractivity contribution in [2.45, 2.75) is 32.7 Å². The highest BCUT2D eigenvalue weighted by Crippen LogP contribution is 2.22. The minimum Gasteiger partial charge on any atom is -0.307 e. The fourth-order valence-electron chi connectivity index (χ4n) is 1.37. The van der Waals surface area contributed by atoms with Gasteiger partial charge in [-0.2, -0.15) is 0 Å². The molecule has 0 aliphatic carbocycles. The second-order valence-corrected chi connectivity index (χ2v) is 4.97. The Labute approximate surface area is 112 Å². The molecule has 0 amide bonds. The Morgan fingerprint density at radius 1 is 1.35 bits per heavy atom. The first-order valence-electron chi connectivity index (χ1n) is 5.72. The largest absolute Gasteiger partial charge is 0.307 e. The number of hydrogen-bond donors (Lipinski definition) is 1. The van der Waals surface area contributed by atoms with Gasteiger partial charge in [-0.15, -0.1) is 0 Å². The molecule has 1 N–H and O–H groups in total. The third kappa shape index (κ3) is 5.07. The molecule has 0 bridgehead atoms. The highest BCUT2D eigenvalue weighted by molar-refractivity contribution is 6.42. The molecule has 1 aromatic rings. The maximum absolute atomic E-state index is 11.7. The SMILES string of the molecule is CCC(C)NCC(=O)Cc1ccc(Cl)c(Cl)c1. The van der Waals surface area contributed by atoms with Crippen LogP contribution in [-0.4, -0.2) is 18.4 Å². The van der Waals surface area contributed by atoms with Crippen molar-refractivity contribution in [2.24, 2.45) is 0 Å². The lowest BCUT2D eigenvalue weighted by Gasteiger charge is -2.10. The van der Waals surface area contributed by atoms with Gasteiger partial charge >= 0.3 is 0 Å². The van der Waals surface area contributed by atoms with E-state index in [2.05, 4.69) is 19.2 Å². The first-order chi connectivity index (χ1) is 8.02. The summed E-state index contributed by atoms with van der Waals surface area (Å²) in [4.78, 5) is 11.7. The molecule has 4 heteroatoms. The van der Waals surface area contributed by atoms with Crippen LogP contribution in [0.25, 0.3) is 0 Å². The molecule has 94 valence electrons. The van der Waals surface area contributed by atoms with Gasteiger partial charge in [0.1, 0.15) is 0 Å². The lowest BCUT2D eigenvalue weighted by Crippen LogP contribution is -2.31. The Bertz CT molecular complexity index is 393. The van der Waals surface area contributed by atoms with Crippen molar-refractivity contribution in [1.29, 1.82) is 0 Å². The molecule has 2 nitrogen and oxygen atoms in total.